The van der Waals surface area contributed by atoms with Gasteiger partial charge in [0.15, 0.2) is 0 Å². The first-order chi connectivity index (χ1) is 12.7. The van der Waals surface area contributed by atoms with Gasteiger partial charge in [0.1, 0.15) is 18.1 Å². The molecule has 0 aliphatic rings. The first kappa shape index (κ1) is 18.2. The van der Waals surface area contributed by atoms with Gasteiger partial charge in [-0.15, -0.1) is 0 Å². The van der Waals surface area contributed by atoms with Crippen molar-refractivity contribution in [2.45, 2.75) is 20.1 Å². The lowest BCUT2D eigenvalue weighted by molar-refractivity contribution is 0.303. The number of halogens is 1. The monoisotopic (exact) mass is 367 g/mol. The highest BCUT2D eigenvalue weighted by Crippen LogP contribution is 2.22. The van der Waals surface area contributed by atoms with Crippen molar-refractivity contribution in [1.82, 2.24) is 0 Å². The van der Waals surface area contributed by atoms with E-state index in [-0.39, 0.29) is 0 Å². The van der Waals surface area contributed by atoms with Gasteiger partial charge in [-0.05, 0) is 55.0 Å². The van der Waals surface area contributed by atoms with Crippen LogP contribution >= 0.6 is 11.6 Å². The van der Waals surface area contributed by atoms with Crippen LogP contribution in [0, 0.1) is 0 Å². The van der Waals surface area contributed by atoms with Crippen molar-refractivity contribution in [2.24, 2.45) is 0 Å². The highest BCUT2D eigenvalue weighted by Gasteiger charge is 2.04. The van der Waals surface area contributed by atoms with E-state index >= 15 is 0 Å². The maximum atomic E-state index is 6.00. The zero-order valence-electron chi connectivity index (χ0n) is 14.7. The molecule has 4 heteroatoms. The van der Waals surface area contributed by atoms with E-state index in [0.717, 1.165) is 33.3 Å². The number of para-hydroxylation sites is 1. The van der Waals surface area contributed by atoms with Crippen molar-refractivity contribution in [3.63, 3.8) is 0 Å². The van der Waals surface area contributed by atoms with Crippen LogP contribution in [0.3, 0.4) is 0 Å². The summed E-state index contributed by atoms with van der Waals surface area (Å²) in [7, 11) is 0. The average molecular weight is 368 g/mol. The SMILES string of the molecule is CCOc1ccc(NCc2ccccc2OCc2ccc(Cl)cc2)cc1. The number of rotatable bonds is 8. The molecule has 1 N–H and O–H groups in total. The smallest absolute Gasteiger partial charge is 0.124 e. The van der Waals surface area contributed by atoms with Crippen LogP contribution in [0.1, 0.15) is 18.1 Å². The van der Waals surface area contributed by atoms with Crippen LogP contribution < -0.4 is 14.8 Å². The van der Waals surface area contributed by atoms with Crippen molar-refractivity contribution in [3.8, 4) is 11.5 Å². The molecule has 0 saturated heterocycles. The number of ether oxygens (including phenoxy) is 2. The predicted octanol–water partition coefficient (Wildman–Crippen LogP) is 5.93. The number of hydrogen-bond donors (Lipinski definition) is 1. The Morgan fingerprint density at radius 1 is 0.846 bits per heavy atom. The zero-order valence-corrected chi connectivity index (χ0v) is 15.5. The van der Waals surface area contributed by atoms with Crippen LogP contribution in [-0.4, -0.2) is 6.61 Å². The molecule has 0 aliphatic carbocycles. The zero-order chi connectivity index (χ0) is 18.2. The Kier molecular flexibility index (Phi) is 6.39. The number of hydrogen-bond acceptors (Lipinski definition) is 3. The second-order valence-corrected chi connectivity index (χ2v) is 6.27. The molecule has 0 amide bonds. The summed E-state index contributed by atoms with van der Waals surface area (Å²) in [6.07, 6.45) is 0. The Hall–Kier alpha value is -2.65. The number of nitrogens with one attached hydrogen (secondary N) is 1. The molecular weight excluding hydrogens is 346 g/mol. The first-order valence-corrected chi connectivity index (χ1v) is 9.04. The molecule has 26 heavy (non-hydrogen) atoms. The van der Waals surface area contributed by atoms with Gasteiger partial charge in [0, 0.05) is 22.8 Å². The molecular formula is C22H22ClNO2. The molecule has 3 rings (SSSR count). The summed E-state index contributed by atoms with van der Waals surface area (Å²) in [5.74, 6) is 1.76. The second-order valence-electron chi connectivity index (χ2n) is 5.83. The van der Waals surface area contributed by atoms with E-state index in [0.29, 0.717) is 19.8 Å². The van der Waals surface area contributed by atoms with Crippen LogP contribution in [0.2, 0.25) is 5.02 Å². The Balaban J connectivity index is 1.60. The largest absolute Gasteiger partial charge is 0.494 e. The fourth-order valence-electron chi connectivity index (χ4n) is 2.57. The third kappa shape index (κ3) is 5.17. The summed E-state index contributed by atoms with van der Waals surface area (Å²) in [6, 6.07) is 23.7. The van der Waals surface area contributed by atoms with Gasteiger partial charge in [0.05, 0.1) is 6.61 Å². The van der Waals surface area contributed by atoms with Gasteiger partial charge < -0.3 is 14.8 Å². The third-order valence-electron chi connectivity index (χ3n) is 3.93. The van der Waals surface area contributed by atoms with Crippen LogP contribution in [-0.2, 0) is 13.2 Å². The molecule has 3 aromatic rings. The minimum absolute atomic E-state index is 0.511. The summed E-state index contributed by atoms with van der Waals surface area (Å²) in [5, 5.41) is 4.15. The third-order valence-corrected chi connectivity index (χ3v) is 4.18. The average Bonchev–Trinajstić information content (AvgIpc) is 2.68. The van der Waals surface area contributed by atoms with Crippen molar-refractivity contribution < 1.29 is 9.47 Å². The van der Waals surface area contributed by atoms with Gasteiger partial charge in [-0.2, -0.15) is 0 Å². The fourth-order valence-corrected chi connectivity index (χ4v) is 2.69. The van der Waals surface area contributed by atoms with E-state index in [1.54, 1.807) is 0 Å². The number of anilines is 1. The molecule has 134 valence electrons. The van der Waals surface area contributed by atoms with Gasteiger partial charge >= 0.3 is 0 Å². The molecule has 0 fully saturated rings. The van der Waals surface area contributed by atoms with E-state index in [1.165, 1.54) is 0 Å². The first-order valence-electron chi connectivity index (χ1n) is 8.66. The maximum Gasteiger partial charge on any atom is 0.124 e. The van der Waals surface area contributed by atoms with Crippen LogP contribution in [0.15, 0.2) is 72.8 Å². The lowest BCUT2D eigenvalue weighted by Gasteiger charge is -2.13. The topological polar surface area (TPSA) is 30.5 Å². The summed E-state index contributed by atoms with van der Waals surface area (Å²) in [6.45, 7) is 3.85. The molecule has 0 aromatic heterocycles. The highest BCUT2D eigenvalue weighted by molar-refractivity contribution is 6.30. The van der Waals surface area contributed by atoms with E-state index in [2.05, 4.69) is 11.4 Å². The Morgan fingerprint density at radius 2 is 1.58 bits per heavy atom. The van der Waals surface area contributed by atoms with Crippen molar-refractivity contribution in [1.29, 1.82) is 0 Å². The molecule has 3 nitrogen and oxygen atoms in total. The van der Waals surface area contributed by atoms with Gasteiger partial charge in [0.25, 0.3) is 0 Å². The van der Waals surface area contributed by atoms with Gasteiger partial charge in [-0.3, -0.25) is 0 Å². The molecule has 0 heterocycles. The van der Waals surface area contributed by atoms with Crippen molar-refractivity contribution in [2.75, 3.05) is 11.9 Å². The van der Waals surface area contributed by atoms with Crippen LogP contribution in [0.5, 0.6) is 11.5 Å². The van der Waals surface area contributed by atoms with Crippen molar-refractivity contribution >= 4 is 17.3 Å². The predicted molar refractivity (Wildman–Crippen MR) is 107 cm³/mol. The van der Waals surface area contributed by atoms with E-state index in [9.17, 15) is 0 Å². The quantitative estimate of drug-likeness (QED) is 0.535. The Bertz CT molecular complexity index is 816. The molecule has 0 saturated carbocycles. The van der Waals surface area contributed by atoms with Crippen LogP contribution in [0.25, 0.3) is 0 Å². The minimum Gasteiger partial charge on any atom is -0.494 e. The lowest BCUT2D eigenvalue weighted by atomic mass is 10.2. The van der Waals surface area contributed by atoms with Gasteiger partial charge in [-0.1, -0.05) is 41.9 Å². The molecule has 0 unspecified atom stereocenters. The van der Waals surface area contributed by atoms with Crippen LogP contribution in [0.4, 0.5) is 5.69 Å². The Morgan fingerprint density at radius 3 is 2.31 bits per heavy atom. The molecule has 0 spiro atoms. The molecule has 0 aliphatic heterocycles. The molecule has 0 radical (unpaired) electrons. The molecule has 0 bridgehead atoms. The molecule has 0 atom stereocenters. The molecule has 3 aromatic carbocycles. The van der Waals surface area contributed by atoms with E-state index in [4.69, 9.17) is 21.1 Å². The lowest BCUT2D eigenvalue weighted by Crippen LogP contribution is -2.03. The Labute approximate surface area is 159 Å². The fraction of sp³-hybridized carbons (Fsp3) is 0.182. The number of benzene rings is 3. The minimum atomic E-state index is 0.511. The van der Waals surface area contributed by atoms with Gasteiger partial charge in [0.2, 0.25) is 0 Å². The van der Waals surface area contributed by atoms with E-state index < -0.39 is 0 Å². The highest BCUT2D eigenvalue weighted by atomic mass is 35.5. The normalized spacial score (nSPS) is 10.4. The second kappa shape index (κ2) is 9.16. The van der Waals surface area contributed by atoms with E-state index in [1.807, 2.05) is 73.7 Å². The van der Waals surface area contributed by atoms with Crippen molar-refractivity contribution in [3.05, 3.63) is 88.9 Å². The summed E-state index contributed by atoms with van der Waals surface area (Å²) in [5.41, 5.74) is 3.24. The van der Waals surface area contributed by atoms with Gasteiger partial charge in [-0.25, -0.2) is 0 Å². The summed E-state index contributed by atoms with van der Waals surface area (Å²) in [4.78, 5) is 0. The summed E-state index contributed by atoms with van der Waals surface area (Å²) < 4.78 is 11.5. The standard InChI is InChI=1S/C22H22ClNO2/c1-2-25-21-13-11-20(12-14-21)24-15-18-5-3-4-6-22(18)26-16-17-7-9-19(23)10-8-17/h3-14,24H,2,15-16H2,1H3. The summed E-state index contributed by atoms with van der Waals surface area (Å²) >= 11 is 5.92. The maximum absolute atomic E-state index is 6.00.